The monoisotopic (exact) mass is 296 g/mol. The number of likely N-dealkylation sites (N-methyl/N-ethyl adjacent to an activating group) is 1. The van der Waals surface area contributed by atoms with E-state index in [2.05, 4.69) is 10.0 Å². The average Bonchev–Trinajstić information content (AvgIpc) is 2.28. The first-order valence-electron chi connectivity index (χ1n) is 5.44. The summed E-state index contributed by atoms with van der Waals surface area (Å²) in [6, 6.07) is 3.73. The highest BCUT2D eigenvalue weighted by Crippen LogP contribution is 2.15. The lowest BCUT2D eigenvalue weighted by Crippen LogP contribution is -2.32. The SMILES string of the molecule is CCNCCNS(=O)(=O)c1cc(F)ccc1C.Cl. The smallest absolute Gasteiger partial charge is 0.240 e. The summed E-state index contributed by atoms with van der Waals surface area (Å²) in [5.74, 6) is -0.553. The molecule has 104 valence electrons. The Morgan fingerprint density at radius 2 is 1.94 bits per heavy atom. The summed E-state index contributed by atoms with van der Waals surface area (Å²) in [7, 11) is -3.62. The zero-order chi connectivity index (χ0) is 12.9. The summed E-state index contributed by atoms with van der Waals surface area (Å²) in [5, 5.41) is 3.00. The van der Waals surface area contributed by atoms with Crippen LogP contribution in [0.3, 0.4) is 0 Å². The molecule has 0 heterocycles. The lowest BCUT2D eigenvalue weighted by molar-refractivity contribution is 0.573. The van der Waals surface area contributed by atoms with Gasteiger partial charge < -0.3 is 5.32 Å². The number of rotatable bonds is 6. The second-order valence-electron chi connectivity index (χ2n) is 3.66. The molecule has 0 bridgehead atoms. The first kappa shape index (κ1) is 17.3. The third-order valence-corrected chi connectivity index (χ3v) is 3.89. The summed E-state index contributed by atoms with van der Waals surface area (Å²) in [5.41, 5.74) is 0.530. The van der Waals surface area contributed by atoms with Crippen LogP contribution in [0.15, 0.2) is 23.1 Å². The third-order valence-electron chi connectivity index (χ3n) is 2.28. The van der Waals surface area contributed by atoms with Gasteiger partial charge in [-0.15, -0.1) is 12.4 Å². The summed E-state index contributed by atoms with van der Waals surface area (Å²) in [6.45, 7) is 5.18. The molecule has 0 aliphatic carbocycles. The molecule has 0 unspecified atom stereocenters. The molecule has 0 aliphatic rings. The van der Waals surface area contributed by atoms with Crippen LogP contribution < -0.4 is 10.0 Å². The van der Waals surface area contributed by atoms with Gasteiger partial charge in [0.1, 0.15) is 5.82 Å². The highest BCUT2D eigenvalue weighted by molar-refractivity contribution is 7.89. The normalized spacial score (nSPS) is 11.1. The third kappa shape index (κ3) is 4.89. The maximum atomic E-state index is 13.0. The van der Waals surface area contributed by atoms with E-state index in [0.29, 0.717) is 12.1 Å². The fourth-order valence-electron chi connectivity index (χ4n) is 1.39. The molecule has 18 heavy (non-hydrogen) atoms. The Labute approximate surface area is 113 Å². The lowest BCUT2D eigenvalue weighted by Gasteiger charge is -2.09. The molecular weight excluding hydrogens is 279 g/mol. The molecule has 1 aromatic rings. The highest BCUT2D eigenvalue weighted by atomic mass is 35.5. The van der Waals surface area contributed by atoms with E-state index in [4.69, 9.17) is 0 Å². The molecule has 4 nitrogen and oxygen atoms in total. The van der Waals surface area contributed by atoms with Crippen molar-refractivity contribution in [2.75, 3.05) is 19.6 Å². The van der Waals surface area contributed by atoms with Crippen LogP contribution in [0.5, 0.6) is 0 Å². The Bertz CT molecular complexity index is 480. The molecule has 1 aromatic carbocycles. The van der Waals surface area contributed by atoms with Crippen LogP contribution in [0.25, 0.3) is 0 Å². The van der Waals surface area contributed by atoms with Crippen molar-refractivity contribution < 1.29 is 12.8 Å². The van der Waals surface area contributed by atoms with E-state index in [-0.39, 0.29) is 23.8 Å². The lowest BCUT2D eigenvalue weighted by atomic mass is 10.2. The van der Waals surface area contributed by atoms with Gasteiger partial charge in [-0.1, -0.05) is 13.0 Å². The molecule has 0 saturated carbocycles. The van der Waals surface area contributed by atoms with Crippen molar-refractivity contribution in [3.63, 3.8) is 0 Å². The van der Waals surface area contributed by atoms with E-state index in [1.165, 1.54) is 12.1 Å². The Hall–Kier alpha value is -0.690. The predicted octanol–water partition coefficient (Wildman–Crippen LogP) is 1.44. The van der Waals surface area contributed by atoms with Gasteiger partial charge in [0.2, 0.25) is 10.0 Å². The van der Waals surface area contributed by atoms with Crippen LogP contribution in [-0.4, -0.2) is 28.1 Å². The molecule has 0 aromatic heterocycles. The molecule has 0 spiro atoms. The van der Waals surface area contributed by atoms with E-state index >= 15 is 0 Å². The van der Waals surface area contributed by atoms with Crippen LogP contribution in [-0.2, 0) is 10.0 Å². The molecule has 7 heteroatoms. The van der Waals surface area contributed by atoms with Gasteiger partial charge in [-0.25, -0.2) is 17.5 Å². The number of benzene rings is 1. The maximum absolute atomic E-state index is 13.0. The molecule has 1 rings (SSSR count). The second-order valence-corrected chi connectivity index (χ2v) is 5.40. The summed E-state index contributed by atoms with van der Waals surface area (Å²) in [6.07, 6.45) is 0. The molecule has 0 radical (unpaired) electrons. The van der Waals surface area contributed by atoms with Gasteiger partial charge in [-0.3, -0.25) is 0 Å². The minimum atomic E-state index is -3.62. The van der Waals surface area contributed by atoms with E-state index in [1.807, 2.05) is 6.92 Å². The standard InChI is InChI=1S/C11H17FN2O2S.ClH/c1-3-13-6-7-14-17(15,16)11-8-10(12)5-4-9(11)2;/h4-5,8,13-14H,3,6-7H2,1-2H3;1H. The molecule has 0 saturated heterocycles. The zero-order valence-corrected chi connectivity index (χ0v) is 12.0. The van der Waals surface area contributed by atoms with Gasteiger partial charge >= 0.3 is 0 Å². The van der Waals surface area contributed by atoms with Crippen LogP contribution in [0.1, 0.15) is 12.5 Å². The molecule has 2 N–H and O–H groups in total. The van der Waals surface area contributed by atoms with E-state index < -0.39 is 15.8 Å². The molecule has 0 aliphatic heterocycles. The highest BCUT2D eigenvalue weighted by Gasteiger charge is 2.16. The van der Waals surface area contributed by atoms with Crippen molar-refractivity contribution in [1.29, 1.82) is 0 Å². The summed E-state index contributed by atoms with van der Waals surface area (Å²) in [4.78, 5) is -0.00556. The van der Waals surface area contributed by atoms with Crippen LogP contribution in [0, 0.1) is 12.7 Å². The first-order valence-corrected chi connectivity index (χ1v) is 6.92. The second kappa shape index (κ2) is 7.68. The quantitative estimate of drug-likeness (QED) is 0.781. The number of halogens is 2. The fraction of sp³-hybridized carbons (Fsp3) is 0.455. The van der Waals surface area contributed by atoms with Gasteiger partial charge in [0.05, 0.1) is 4.90 Å². The number of hydrogen-bond donors (Lipinski definition) is 2. The minimum absolute atomic E-state index is 0. The van der Waals surface area contributed by atoms with Crippen molar-refractivity contribution in [2.24, 2.45) is 0 Å². The molecule has 0 amide bonds. The Morgan fingerprint density at radius 1 is 1.28 bits per heavy atom. The van der Waals surface area contributed by atoms with E-state index in [1.54, 1.807) is 6.92 Å². The predicted molar refractivity (Wildman–Crippen MR) is 72.1 cm³/mol. The largest absolute Gasteiger partial charge is 0.316 e. The van der Waals surface area contributed by atoms with Gasteiger partial charge in [-0.2, -0.15) is 0 Å². The number of hydrogen-bond acceptors (Lipinski definition) is 3. The van der Waals surface area contributed by atoms with Crippen molar-refractivity contribution in [3.8, 4) is 0 Å². The van der Waals surface area contributed by atoms with Crippen LogP contribution in [0.2, 0.25) is 0 Å². The van der Waals surface area contributed by atoms with Crippen molar-refractivity contribution >= 4 is 22.4 Å². The van der Waals surface area contributed by atoms with Crippen LogP contribution in [0.4, 0.5) is 4.39 Å². The Kier molecular flexibility index (Phi) is 7.39. The van der Waals surface area contributed by atoms with E-state index in [0.717, 1.165) is 12.6 Å². The van der Waals surface area contributed by atoms with Crippen LogP contribution >= 0.6 is 12.4 Å². The maximum Gasteiger partial charge on any atom is 0.240 e. The minimum Gasteiger partial charge on any atom is -0.316 e. The van der Waals surface area contributed by atoms with Crippen molar-refractivity contribution in [2.45, 2.75) is 18.7 Å². The molecule has 0 atom stereocenters. The van der Waals surface area contributed by atoms with Crippen molar-refractivity contribution in [3.05, 3.63) is 29.6 Å². The van der Waals surface area contributed by atoms with Gasteiger partial charge in [0.15, 0.2) is 0 Å². The summed E-state index contributed by atoms with van der Waals surface area (Å²) < 4.78 is 39.2. The summed E-state index contributed by atoms with van der Waals surface area (Å²) >= 11 is 0. The van der Waals surface area contributed by atoms with Gasteiger partial charge in [-0.05, 0) is 31.2 Å². The Balaban J connectivity index is 0.00000289. The molecule has 0 fully saturated rings. The van der Waals surface area contributed by atoms with Crippen molar-refractivity contribution in [1.82, 2.24) is 10.0 Å². The number of sulfonamides is 1. The zero-order valence-electron chi connectivity index (χ0n) is 10.4. The first-order chi connectivity index (χ1) is 7.97. The average molecular weight is 297 g/mol. The number of nitrogens with one attached hydrogen (secondary N) is 2. The topological polar surface area (TPSA) is 58.2 Å². The number of aryl methyl sites for hydroxylation is 1. The fourth-order valence-corrected chi connectivity index (χ4v) is 2.68. The van der Waals surface area contributed by atoms with Gasteiger partial charge in [0, 0.05) is 13.1 Å². The Morgan fingerprint density at radius 3 is 2.56 bits per heavy atom. The van der Waals surface area contributed by atoms with Gasteiger partial charge in [0.25, 0.3) is 0 Å². The van der Waals surface area contributed by atoms with E-state index in [9.17, 15) is 12.8 Å². The molecular formula is C11H18ClFN2O2S.